The molecule has 0 spiro atoms. The molecule has 1 aromatic heterocycles. The van der Waals surface area contributed by atoms with E-state index in [1.165, 1.54) is 47.7 Å². The minimum Gasteiger partial charge on any atom is -0.369 e. The molecule has 0 aromatic carbocycles. The fourth-order valence-electron chi connectivity index (χ4n) is 1.98. The molecule has 0 atom stereocenters. The van der Waals surface area contributed by atoms with Gasteiger partial charge in [-0.15, -0.1) is 10.2 Å². The van der Waals surface area contributed by atoms with Crippen LogP contribution in [0.2, 0.25) is 0 Å². The molecule has 1 aliphatic rings. The van der Waals surface area contributed by atoms with Gasteiger partial charge in [0.15, 0.2) is 8.68 Å². The Kier molecular flexibility index (Phi) is 6.78. The average Bonchev–Trinajstić information content (AvgIpc) is 2.74. The number of thioether (sulfide) groups is 2. The highest BCUT2D eigenvalue weighted by Gasteiger charge is 2.16. The van der Waals surface area contributed by atoms with Crippen molar-refractivity contribution in [1.29, 1.82) is 0 Å². The van der Waals surface area contributed by atoms with Gasteiger partial charge in [0, 0.05) is 13.1 Å². The zero-order chi connectivity index (χ0) is 15.1. The monoisotopic (exact) mass is 346 g/mol. The number of amides is 2. The van der Waals surface area contributed by atoms with E-state index in [9.17, 15) is 9.59 Å². The number of nitrogens with two attached hydrogens (primary N) is 1. The Morgan fingerprint density at radius 1 is 1.05 bits per heavy atom. The molecule has 9 heteroatoms. The van der Waals surface area contributed by atoms with Gasteiger partial charge in [-0.2, -0.15) is 0 Å². The molecule has 1 aliphatic heterocycles. The van der Waals surface area contributed by atoms with Crippen LogP contribution in [-0.4, -0.2) is 51.5 Å². The van der Waals surface area contributed by atoms with Crippen LogP contribution in [-0.2, 0) is 9.59 Å². The van der Waals surface area contributed by atoms with Gasteiger partial charge in [-0.05, 0) is 12.8 Å². The second-order valence-corrected chi connectivity index (χ2v) is 8.09. The first-order valence-electron chi connectivity index (χ1n) is 6.80. The molecular formula is C12H18N4O2S3. The number of primary amides is 1. The summed E-state index contributed by atoms with van der Waals surface area (Å²) < 4.78 is 1.46. The molecule has 0 saturated carbocycles. The molecule has 2 amide bonds. The number of likely N-dealkylation sites (tertiary alicyclic amines) is 1. The second-order valence-electron chi connectivity index (χ2n) is 4.67. The first-order chi connectivity index (χ1) is 10.1. The van der Waals surface area contributed by atoms with E-state index in [2.05, 4.69) is 10.2 Å². The highest BCUT2D eigenvalue weighted by molar-refractivity contribution is 8.03. The smallest absolute Gasteiger partial charge is 0.233 e. The van der Waals surface area contributed by atoms with E-state index in [0.717, 1.165) is 30.3 Å². The molecule has 0 unspecified atom stereocenters. The minimum atomic E-state index is -0.374. The maximum absolute atomic E-state index is 12.1. The Morgan fingerprint density at radius 3 is 2.19 bits per heavy atom. The van der Waals surface area contributed by atoms with Crippen molar-refractivity contribution in [3.05, 3.63) is 0 Å². The van der Waals surface area contributed by atoms with Gasteiger partial charge in [-0.25, -0.2) is 0 Å². The number of carbonyl (C=O) groups is 2. The van der Waals surface area contributed by atoms with Crippen molar-refractivity contribution in [2.45, 2.75) is 34.4 Å². The Morgan fingerprint density at radius 2 is 1.62 bits per heavy atom. The maximum atomic E-state index is 12.1. The summed E-state index contributed by atoms with van der Waals surface area (Å²) >= 11 is 4.08. The van der Waals surface area contributed by atoms with Crippen LogP contribution in [0.3, 0.4) is 0 Å². The standard InChI is InChI=1S/C12H18N4O2S3/c13-9(17)7-19-11-14-15-12(21-11)20-8-10(18)16-5-3-1-2-4-6-16/h1-8H2,(H2,13,17). The number of rotatable bonds is 6. The van der Waals surface area contributed by atoms with Crippen molar-refractivity contribution in [1.82, 2.24) is 15.1 Å². The van der Waals surface area contributed by atoms with Crippen LogP contribution in [0.1, 0.15) is 25.7 Å². The van der Waals surface area contributed by atoms with Crippen LogP contribution in [0.25, 0.3) is 0 Å². The van der Waals surface area contributed by atoms with E-state index in [-0.39, 0.29) is 17.6 Å². The number of hydrogen-bond donors (Lipinski definition) is 1. The summed E-state index contributed by atoms with van der Waals surface area (Å²) in [5.74, 6) is 0.394. The van der Waals surface area contributed by atoms with Crippen LogP contribution >= 0.6 is 34.9 Å². The van der Waals surface area contributed by atoms with Crippen molar-refractivity contribution < 1.29 is 9.59 Å². The molecule has 6 nitrogen and oxygen atoms in total. The van der Waals surface area contributed by atoms with Crippen LogP contribution in [0.5, 0.6) is 0 Å². The average molecular weight is 347 g/mol. The Hall–Kier alpha value is -0.800. The van der Waals surface area contributed by atoms with Crippen LogP contribution < -0.4 is 5.73 Å². The van der Waals surface area contributed by atoms with Gasteiger partial charge in [0.1, 0.15) is 0 Å². The molecule has 2 N–H and O–H groups in total. The third-order valence-corrected chi connectivity index (χ3v) is 6.20. The predicted molar refractivity (Wildman–Crippen MR) is 85.6 cm³/mol. The van der Waals surface area contributed by atoms with Gasteiger partial charge in [-0.3, -0.25) is 9.59 Å². The quantitative estimate of drug-likeness (QED) is 0.787. The molecule has 0 radical (unpaired) electrons. The number of aromatic nitrogens is 2. The Labute approximate surface area is 136 Å². The fraction of sp³-hybridized carbons (Fsp3) is 0.667. The Balaban J connectivity index is 1.76. The summed E-state index contributed by atoms with van der Waals surface area (Å²) in [6, 6.07) is 0. The van der Waals surface area contributed by atoms with Crippen molar-refractivity contribution >= 4 is 46.7 Å². The molecular weight excluding hydrogens is 328 g/mol. The van der Waals surface area contributed by atoms with Crippen LogP contribution in [0, 0.1) is 0 Å². The number of nitrogens with zero attached hydrogens (tertiary/aromatic N) is 3. The van der Waals surface area contributed by atoms with Crippen molar-refractivity contribution in [3.8, 4) is 0 Å². The van der Waals surface area contributed by atoms with Gasteiger partial charge in [0.2, 0.25) is 11.8 Å². The summed E-state index contributed by atoms with van der Waals surface area (Å²) in [6.45, 7) is 1.74. The third kappa shape index (κ3) is 5.84. The van der Waals surface area contributed by atoms with E-state index in [1.807, 2.05) is 4.90 Å². The van der Waals surface area contributed by atoms with Crippen molar-refractivity contribution in [2.24, 2.45) is 5.73 Å². The lowest BCUT2D eigenvalue weighted by atomic mass is 10.2. The minimum absolute atomic E-state index is 0.170. The fourth-order valence-corrected chi connectivity index (χ4v) is 4.64. The molecule has 1 aromatic rings. The molecule has 21 heavy (non-hydrogen) atoms. The first kappa shape index (κ1) is 16.6. The number of hydrogen-bond acceptors (Lipinski definition) is 7. The van der Waals surface area contributed by atoms with E-state index >= 15 is 0 Å². The summed E-state index contributed by atoms with van der Waals surface area (Å²) in [7, 11) is 0. The summed E-state index contributed by atoms with van der Waals surface area (Å²) in [4.78, 5) is 24.8. The summed E-state index contributed by atoms with van der Waals surface area (Å²) in [5, 5.41) is 7.99. The molecule has 2 heterocycles. The van der Waals surface area contributed by atoms with Crippen LogP contribution in [0.4, 0.5) is 0 Å². The largest absolute Gasteiger partial charge is 0.369 e. The zero-order valence-corrected chi connectivity index (χ0v) is 14.1. The van der Waals surface area contributed by atoms with Gasteiger partial charge >= 0.3 is 0 Å². The molecule has 2 rings (SSSR count). The van der Waals surface area contributed by atoms with E-state index in [4.69, 9.17) is 5.73 Å². The van der Waals surface area contributed by atoms with E-state index in [0.29, 0.717) is 10.1 Å². The topological polar surface area (TPSA) is 89.2 Å². The third-order valence-electron chi connectivity index (χ3n) is 3.00. The lowest BCUT2D eigenvalue weighted by molar-refractivity contribution is -0.128. The highest BCUT2D eigenvalue weighted by Crippen LogP contribution is 2.28. The predicted octanol–water partition coefficient (Wildman–Crippen LogP) is 1.61. The van der Waals surface area contributed by atoms with Gasteiger partial charge < -0.3 is 10.6 Å². The molecule has 0 aliphatic carbocycles. The normalized spacial score (nSPS) is 15.7. The molecule has 0 bridgehead atoms. The zero-order valence-electron chi connectivity index (χ0n) is 11.6. The molecule has 1 fully saturated rings. The van der Waals surface area contributed by atoms with Gasteiger partial charge in [0.05, 0.1) is 11.5 Å². The van der Waals surface area contributed by atoms with Crippen molar-refractivity contribution in [3.63, 3.8) is 0 Å². The van der Waals surface area contributed by atoms with Crippen molar-refractivity contribution in [2.75, 3.05) is 24.6 Å². The number of carbonyl (C=O) groups excluding carboxylic acids is 2. The van der Waals surface area contributed by atoms with E-state index in [1.54, 1.807) is 0 Å². The van der Waals surface area contributed by atoms with Crippen LogP contribution in [0.15, 0.2) is 8.68 Å². The SMILES string of the molecule is NC(=O)CSc1nnc(SCC(=O)N2CCCCCC2)s1. The molecule has 1 saturated heterocycles. The lowest BCUT2D eigenvalue weighted by Gasteiger charge is -2.19. The second kappa shape index (κ2) is 8.60. The van der Waals surface area contributed by atoms with E-state index < -0.39 is 0 Å². The van der Waals surface area contributed by atoms with Gasteiger partial charge in [-0.1, -0.05) is 47.7 Å². The Bertz CT molecular complexity index is 487. The maximum Gasteiger partial charge on any atom is 0.233 e. The lowest BCUT2D eigenvalue weighted by Crippen LogP contribution is -2.33. The van der Waals surface area contributed by atoms with Gasteiger partial charge in [0.25, 0.3) is 0 Å². The highest BCUT2D eigenvalue weighted by atomic mass is 32.2. The molecule has 116 valence electrons. The summed E-state index contributed by atoms with van der Waals surface area (Å²) in [6.07, 6.45) is 4.63. The first-order valence-corrected chi connectivity index (χ1v) is 9.59. The summed E-state index contributed by atoms with van der Waals surface area (Å²) in [5.41, 5.74) is 5.08.